The molecule has 3 rings (SSSR count). The summed E-state index contributed by atoms with van der Waals surface area (Å²) in [4.78, 5) is 5.71. The van der Waals surface area contributed by atoms with Crippen molar-refractivity contribution in [1.82, 2.24) is 4.98 Å². The van der Waals surface area contributed by atoms with E-state index in [0.29, 0.717) is 0 Å². The van der Waals surface area contributed by atoms with Crippen LogP contribution in [0.5, 0.6) is 0 Å². The Hall–Kier alpha value is -1.58. The molecule has 1 aromatic carbocycles. The van der Waals surface area contributed by atoms with Crippen molar-refractivity contribution < 1.29 is 0 Å². The monoisotopic (exact) mass is 329 g/mol. The lowest BCUT2D eigenvalue weighted by molar-refractivity contribution is 1.38. The van der Waals surface area contributed by atoms with Gasteiger partial charge in [-0.2, -0.15) is 0 Å². The largest absolute Gasteiger partial charge is 0.362 e. The summed E-state index contributed by atoms with van der Waals surface area (Å²) in [7, 11) is 0. The highest BCUT2D eigenvalue weighted by molar-refractivity contribution is 9.10. The molecule has 94 valence electrons. The zero-order valence-corrected chi connectivity index (χ0v) is 12.5. The number of aromatic amines is 1. The highest BCUT2D eigenvalue weighted by atomic mass is 79.9. The molecule has 0 fully saturated rings. The Kier molecular flexibility index (Phi) is 3.67. The maximum Gasteiger partial charge on any atom is 0.0380 e. The molecule has 2 aromatic heterocycles. The second-order valence-electron chi connectivity index (χ2n) is 4.17. The van der Waals surface area contributed by atoms with Crippen LogP contribution in [0.1, 0.15) is 10.6 Å². The molecule has 0 bridgehead atoms. The van der Waals surface area contributed by atoms with Gasteiger partial charge in [0.25, 0.3) is 0 Å². The minimum absolute atomic E-state index is 1.11. The molecule has 0 saturated heterocycles. The molecule has 1 nitrogen and oxygen atoms in total. The Morgan fingerprint density at radius 3 is 2.53 bits per heavy atom. The van der Waals surface area contributed by atoms with Gasteiger partial charge in [-0.05, 0) is 54.1 Å². The molecule has 0 radical (unpaired) electrons. The fraction of sp³-hybridized carbons (Fsp3) is 0. The number of halogens is 1. The lowest BCUT2D eigenvalue weighted by atomic mass is 10.2. The van der Waals surface area contributed by atoms with E-state index in [1.165, 1.54) is 15.3 Å². The van der Waals surface area contributed by atoms with Gasteiger partial charge < -0.3 is 4.98 Å². The Bertz CT molecular complexity index is 678. The van der Waals surface area contributed by atoms with Gasteiger partial charge in [0.15, 0.2) is 0 Å². The maximum absolute atomic E-state index is 3.46. The Balaban J connectivity index is 1.81. The molecule has 2 heterocycles. The first-order valence-electron chi connectivity index (χ1n) is 5.98. The second-order valence-corrected chi connectivity index (χ2v) is 6.20. The predicted octanol–water partition coefficient (Wildman–Crippen LogP) is 5.68. The average Bonchev–Trinajstić information content (AvgIpc) is 3.09. The molecule has 0 amide bonds. The summed E-state index contributed by atoms with van der Waals surface area (Å²) in [6, 6.07) is 16.8. The highest BCUT2D eigenvalue weighted by Gasteiger charge is 2.01. The van der Waals surface area contributed by atoms with Gasteiger partial charge in [0.2, 0.25) is 0 Å². The lowest BCUT2D eigenvalue weighted by Crippen LogP contribution is -1.70. The summed E-state index contributed by atoms with van der Waals surface area (Å²) in [5.74, 6) is 0. The number of hydrogen-bond acceptors (Lipinski definition) is 1. The molecule has 3 heteroatoms. The minimum atomic E-state index is 1.11. The van der Waals surface area contributed by atoms with Crippen LogP contribution in [0.4, 0.5) is 0 Å². The quantitative estimate of drug-likeness (QED) is 0.636. The number of hydrogen-bond donors (Lipinski definition) is 1. The molecule has 19 heavy (non-hydrogen) atoms. The van der Waals surface area contributed by atoms with Crippen molar-refractivity contribution in [2.45, 2.75) is 0 Å². The zero-order chi connectivity index (χ0) is 13.1. The van der Waals surface area contributed by atoms with Crippen LogP contribution in [0, 0.1) is 0 Å². The van der Waals surface area contributed by atoms with Crippen LogP contribution in [-0.2, 0) is 0 Å². The first-order valence-corrected chi connectivity index (χ1v) is 7.59. The Morgan fingerprint density at radius 1 is 0.947 bits per heavy atom. The third-order valence-electron chi connectivity index (χ3n) is 2.80. The smallest absolute Gasteiger partial charge is 0.0380 e. The van der Waals surface area contributed by atoms with Crippen molar-refractivity contribution in [2.75, 3.05) is 0 Å². The first-order chi connectivity index (χ1) is 9.31. The molecule has 0 aliphatic carbocycles. The van der Waals surface area contributed by atoms with Crippen LogP contribution >= 0.6 is 27.3 Å². The van der Waals surface area contributed by atoms with Gasteiger partial charge in [-0.15, -0.1) is 11.3 Å². The van der Waals surface area contributed by atoms with Crippen molar-refractivity contribution in [3.63, 3.8) is 0 Å². The molecule has 0 saturated carbocycles. The number of aromatic nitrogens is 1. The molecule has 0 aliphatic rings. The van der Waals surface area contributed by atoms with E-state index in [1.807, 2.05) is 12.3 Å². The number of H-pyrrole nitrogens is 1. The van der Waals surface area contributed by atoms with Gasteiger partial charge in [-0.3, -0.25) is 0 Å². The molecule has 0 aliphatic heterocycles. The van der Waals surface area contributed by atoms with E-state index in [4.69, 9.17) is 0 Å². The molecule has 1 N–H and O–H groups in total. The standard InChI is InChI=1S/C16H12BrNS/c17-13-5-3-12(4-6-13)16-10-9-15(19-16)8-7-14-2-1-11-18-14/h1-11,18H/b8-7+. The number of nitrogens with one attached hydrogen (secondary N) is 1. The second kappa shape index (κ2) is 5.59. The van der Waals surface area contributed by atoms with Crippen LogP contribution in [-0.4, -0.2) is 4.98 Å². The first kappa shape index (κ1) is 12.5. The summed E-state index contributed by atoms with van der Waals surface area (Å²) in [6.45, 7) is 0. The van der Waals surface area contributed by atoms with E-state index >= 15 is 0 Å². The summed E-state index contributed by atoms with van der Waals surface area (Å²) in [6.07, 6.45) is 6.16. The third kappa shape index (κ3) is 3.06. The summed E-state index contributed by atoms with van der Waals surface area (Å²) in [5, 5.41) is 0. The number of benzene rings is 1. The molecule has 0 atom stereocenters. The van der Waals surface area contributed by atoms with Gasteiger partial charge in [0.1, 0.15) is 0 Å². The molecule has 0 spiro atoms. The van der Waals surface area contributed by atoms with Gasteiger partial charge in [-0.1, -0.05) is 28.1 Å². The van der Waals surface area contributed by atoms with E-state index in [1.54, 1.807) is 11.3 Å². The average molecular weight is 330 g/mol. The topological polar surface area (TPSA) is 15.8 Å². The number of thiophene rings is 1. The van der Waals surface area contributed by atoms with Crippen LogP contribution in [0.25, 0.3) is 22.6 Å². The van der Waals surface area contributed by atoms with Crippen molar-refractivity contribution >= 4 is 39.4 Å². The van der Waals surface area contributed by atoms with Crippen molar-refractivity contribution in [3.05, 3.63) is 69.8 Å². The zero-order valence-electron chi connectivity index (χ0n) is 10.1. The summed E-state index contributed by atoms with van der Waals surface area (Å²) in [5.41, 5.74) is 2.38. The van der Waals surface area contributed by atoms with E-state index in [2.05, 4.69) is 75.5 Å². The molecule has 0 unspecified atom stereocenters. The van der Waals surface area contributed by atoms with E-state index in [-0.39, 0.29) is 0 Å². The molecule has 3 aromatic rings. The summed E-state index contributed by atoms with van der Waals surface area (Å²) < 4.78 is 1.11. The normalized spacial score (nSPS) is 11.2. The van der Waals surface area contributed by atoms with Crippen molar-refractivity contribution in [2.24, 2.45) is 0 Å². The van der Waals surface area contributed by atoms with Crippen molar-refractivity contribution in [3.8, 4) is 10.4 Å². The van der Waals surface area contributed by atoms with Gasteiger partial charge in [0, 0.05) is 26.1 Å². The van der Waals surface area contributed by atoms with Crippen molar-refractivity contribution in [1.29, 1.82) is 0 Å². The van der Waals surface area contributed by atoms with Crippen LogP contribution in [0.15, 0.2) is 59.2 Å². The highest BCUT2D eigenvalue weighted by Crippen LogP contribution is 2.29. The fourth-order valence-corrected chi connectivity index (χ4v) is 3.01. The van der Waals surface area contributed by atoms with E-state index in [9.17, 15) is 0 Å². The minimum Gasteiger partial charge on any atom is -0.362 e. The molecular weight excluding hydrogens is 318 g/mol. The maximum atomic E-state index is 3.46. The van der Waals surface area contributed by atoms with E-state index < -0.39 is 0 Å². The Labute approximate surface area is 124 Å². The summed E-state index contributed by atoms with van der Waals surface area (Å²) >= 11 is 5.26. The lowest BCUT2D eigenvalue weighted by Gasteiger charge is -1.96. The van der Waals surface area contributed by atoms with Crippen LogP contribution in [0.3, 0.4) is 0 Å². The van der Waals surface area contributed by atoms with Crippen LogP contribution in [0.2, 0.25) is 0 Å². The predicted molar refractivity (Wildman–Crippen MR) is 87.2 cm³/mol. The van der Waals surface area contributed by atoms with Gasteiger partial charge in [0.05, 0.1) is 0 Å². The van der Waals surface area contributed by atoms with Gasteiger partial charge in [-0.25, -0.2) is 0 Å². The third-order valence-corrected chi connectivity index (χ3v) is 4.43. The Morgan fingerprint density at radius 2 is 1.79 bits per heavy atom. The SMILES string of the molecule is Brc1ccc(-c2ccc(/C=C/c3ccc[nH]3)s2)cc1. The molecular formula is C16H12BrNS. The van der Waals surface area contributed by atoms with Crippen LogP contribution < -0.4 is 0 Å². The number of rotatable bonds is 3. The van der Waals surface area contributed by atoms with Gasteiger partial charge >= 0.3 is 0 Å². The van der Waals surface area contributed by atoms with E-state index in [0.717, 1.165) is 10.2 Å². The fourth-order valence-electron chi connectivity index (χ4n) is 1.83.